The fourth-order valence-corrected chi connectivity index (χ4v) is 0.432. The molecule has 0 radical (unpaired) electrons. The molecular weight excluding hydrogens is 158 g/mol. The number of ether oxygens (including phenoxy) is 1. The van der Waals surface area contributed by atoms with Crippen molar-refractivity contribution in [3.05, 3.63) is 0 Å². The minimum absolute atomic E-state index is 0.272. The first kappa shape index (κ1) is 9.23. The molecule has 0 bridgehead atoms. The minimum atomic E-state index is -0.675. The quantitative estimate of drug-likeness (QED) is 0.352. The third-order valence-electron chi connectivity index (χ3n) is 0.615. The molecular formula is C5H8ClNO3. The molecule has 0 amide bonds. The summed E-state index contributed by atoms with van der Waals surface area (Å²) < 4.78 is 4.47. The smallest absolute Gasteiger partial charge is 0.372 e. The number of nitrogens with zero attached hydrogens (tertiary/aromatic N) is 1. The van der Waals surface area contributed by atoms with Crippen LogP contribution in [-0.4, -0.2) is 24.9 Å². The summed E-state index contributed by atoms with van der Waals surface area (Å²) in [6.45, 7) is 1.95. The van der Waals surface area contributed by atoms with E-state index >= 15 is 0 Å². The van der Waals surface area contributed by atoms with Crippen molar-refractivity contribution in [2.45, 2.75) is 6.92 Å². The van der Waals surface area contributed by atoms with Crippen molar-refractivity contribution in [2.24, 2.45) is 5.16 Å². The Morgan fingerprint density at radius 2 is 2.30 bits per heavy atom. The van der Waals surface area contributed by atoms with Crippen molar-refractivity contribution in [3.8, 4) is 0 Å². The Hall–Kier alpha value is -0.770. The maximum atomic E-state index is 10.6. The molecule has 0 aliphatic carbocycles. The van der Waals surface area contributed by atoms with Crippen LogP contribution in [0.25, 0.3) is 0 Å². The normalized spacial score (nSPS) is 10.9. The molecule has 0 fully saturated rings. The second kappa shape index (κ2) is 5.05. The van der Waals surface area contributed by atoms with Crippen LogP contribution < -0.4 is 0 Å². The molecule has 0 aromatic carbocycles. The van der Waals surface area contributed by atoms with E-state index in [1.807, 2.05) is 0 Å². The molecule has 0 spiro atoms. The van der Waals surface area contributed by atoms with Crippen LogP contribution in [0, 0.1) is 0 Å². The van der Waals surface area contributed by atoms with Gasteiger partial charge in [0, 0.05) is 0 Å². The summed E-state index contributed by atoms with van der Waals surface area (Å²) in [6, 6.07) is 0. The highest BCUT2D eigenvalue weighted by molar-refractivity contribution is 6.81. The lowest BCUT2D eigenvalue weighted by atomic mass is 10.7. The second-order valence-electron chi connectivity index (χ2n) is 1.29. The summed E-state index contributed by atoms with van der Waals surface area (Å²) in [5, 5.41) is 2.85. The van der Waals surface area contributed by atoms with E-state index in [0.29, 0.717) is 0 Å². The third kappa shape index (κ3) is 3.29. The summed E-state index contributed by atoms with van der Waals surface area (Å²) in [5.41, 5.74) is 0. The number of rotatable bonds is 3. The van der Waals surface area contributed by atoms with Crippen LogP contribution in [0.3, 0.4) is 0 Å². The van der Waals surface area contributed by atoms with E-state index in [0.717, 1.165) is 0 Å². The molecule has 0 saturated heterocycles. The number of hydrogen-bond donors (Lipinski definition) is 0. The highest BCUT2D eigenvalue weighted by atomic mass is 35.5. The summed E-state index contributed by atoms with van der Waals surface area (Å²) in [4.78, 5) is 14.8. The molecule has 58 valence electrons. The predicted octanol–water partition coefficient (Wildman–Crippen LogP) is 0.748. The molecule has 4 nitrogen and oxygen atoms in total. The van der Waals surface area contributed by atoms with Crippen molar-refractivity contribution in [2.75, 3.05) is 13.7 Å². The first-order chi connectivity index (χ1) is 4.72. The van der Waals surface area contributed by atoms with Gasteiger partial charge in [0.2, 0.25) is 0 Å². The van der Waals surface area contributed by atoms with Gasteiger partial charge in [-0.1, -0.05) is 16.8 Å². The second-order valence-corrected chi connectivity index (χ2v) is 1.64. The Balaban J connectivity index is 3.82. The zero-order valence-electron chi connectivity index (χ0n) is 5.76. The van der Waals surface area contributed by atoms with Gasteiger partial charge in [-0.2, -0.15) is 0 Å². The van der Waals surface area contributed by atoms with Gasteiger partial charge >= 0.3 is 5.97 Å². The molecule has 0 aromatic rings. The molecule has 0 aromatic heterocycles. The molecule has 0 unspecified atom stereocenters. The number of carbonyl (C=O) groups is 1. The molecule has 0 aliphatic rings. The van der Waals surface area contributed by atoms with Gasteiger partial charge in [0.25, 0.3) is 5.17 Å². The monoisotopic (exact) mass is 165 g/mol. The van der Waals surface area contributed by atoms with Gasteiger partial charge < -0.3 is 9.57 Å². The van der Waals surface area contributed by atoms with Gasteiger partial charge in [-0.25, -0.2) is 4.79 Å². The van der Waals surface area contributed by atoms with Gasteiger partial charge in [0.05, 0.1) is 6.61 Å². The van der Waals surface area contributed by atoms with Gasteiger partial charge in [-0.15, -0.1) is 0 Å². The maximum Gasteiger partial charge on any atom is 0.372 e. The first-order valence-electron chi connectivity index (χ1n) is 2.66. The van der Waals surface area contributed by atoms with E-state index in [4.69, 9.17) is 11.6 Å². The molecule has 0 aliphatic heterocycles. The van der Waals surface area contributed by atoms with E-state index in [-0.39, 0.29) is 11.8 Å². The molecule has 0 rings (SSSR count). The Labute approximate surface area is 63.7 Å². The Morgan fingerprint density at radius 1 is 1.70 bits per heavy atom. The van der Waals surface area contributed by atoms with Crippen LogP contribution in [0.1, 0.15) is 6.92 Å². The van der Waals surface area contributed by atoms with E-state index in [9.17, 15) is 4.79 Å². The van der Waals surface area contributed by atoms with Crippen LogP contribution in [0.4, 0.5) is 0 Å². The molecule has 10 heavy (non-hydrogen) atoms. The van der Waals surface area contributed by atoms with Gasteiger partial charge in [-0.3, -0.25) is 0 Å². The van der Waals surface area contributed by atoms with Crippen LogP contribution in [0.15, 0.2) is 5.16 Å². The Morgan fingerprint density at radius 3 is 2.70 bits per heavy atom. The van der Waals surface area contributed by atoms with Crippen LogP contribution in [-0.2, 0) is 14.4 Å². The van der Waals surface area contributed by atoms with E-state index in [2.05, 4.69) is 14.7 Å². The summed E-state index contributed by atoms with van der Waals surface area (Å²) in [7, 11) is 1.29. The summed E-state index contributed by atoms with van der Waals surface area (Å²) in [6.07, 6.45) is 0. The van der Waals surface area contributed by atoms with Gasteiger partial charge in [0.15, 0.2) is 0 Å². The number of halogens is 1. The van der Waals surface area contributed by atoms with Crippen molar-refractivity contribution in [3.63, 3.8) is 0 Å². The molecule has 0 saturated carbocycles. The van der Waals surface area contributed by atoms with Crippen LogP contribution >= 0.6 is 11.6 Å². The first-order valence-corrected chi connectivity index (χ1v) is 3.04. The van der Waals surface area contributed by atoms with Crippen molar-refractivity contribution >= 4 is 22.7 Å². The molecule has 0 heterocycles. The molecule has 0 atom stereocenters. The lowest BCUT2D eigenvalue weighted by Gasteiger charge is -1.96. The lowest BCUT2D eigenvalue weighted by molar-refractivity contribution is -0.134. The maximum absolute atomic E-state index is 10.6. The predicted molar refractivity (Wildman–Crippen MR) is 36.9 cm³/mol. The fourth-order valence-electron chi connectivity index (χ4n) is 0.308. The minimum Gasteiger partial charge on any atom is -0.461 e. The van der Waals surface area contributed by atoms with E-state index in [1.54, 1.807) is 6.92 Å². The Bertz CT molecular complexity index is 146. The highest BCUT2D eigenvalue weighted by Gasteiger charge is 2.08. The largest absolute Gasteiger partial charge is 0.461 e. The number of carbonyl (C=O) groups excluding carboxylic acids is 1. The average Bonchev–Trinajstić information content (AvgIpc) is 1.89. The summed E-state index contributed by atoms with van der Waals surface area (Å²) >= 11 is 5.26. The topological polar surface area (TPSA) is 47.9 Å². The molecule has 0 N–H and O–H groups in total. The number of esters is 1. The number of oxime groups is 1. The molecule has 5 heteroatoms. The van der Waals surface area contributed by atoms with Crippen LogP contribution in [0.5, 0.6) is 0 Å². The van der Waals surface area contributed by atoms with Crippen LogP contribution in [0.2, 0.25) is 0 Å². The SMILES string of the molecule is CCOC(=O)/C(Cl)=N/OC. The van der Waals surface area contributed by atoms with Crippen molar-refractivity contribution in [1.29, 1.82) is 0 Å². The third-order valence-corrected chi connectivity index (χ3v) is 0.839. The summed E-state index contributed by atoms with van der Waals surface area (Å²) in [5.74, 6) is -0.675. The van der Waals surface area contributed by atoms with Crippen molar-refractivity contribution in [1.82, 2.24) is 0 Å². The van der Waals surface area contributed by atoms with E-state index in [1.165, 1.54) is 7.11 Å². The van der Waals surface area contributed by atoms with Gasteiger partial charge in [0.1, 0.15) is 7.11 Å². The lowest BCUT2D eigenvalue weighted by Crippen LogP contribution is -2.11. The van der Waals surface area contributed by atoms with Gasteiger partial charge in [-0.05, 0) is 6.92 Å². The number of hydrogen-bond acceptors (Lipinski definition) is 4. The average molecular weight is 166 g/mol. The van der Waals surface area contributed by atoms with E-state index < -0.39 is 5.97 Å². The highest BCUT2D eigenvalue weighted by Crippen LogP contribution is 1.90. The zero-order chi connectivity index (χ0) is 7.98. The standard InChI is InChI=1S/C5H8ClNO3/c1-3-10-5(8)4(6)7-9-2/h3H2,1-2H3/b7-4-. The Kier molecular flexibility index (Phi) is 4.66. The zero-order valence-corrected chi connectivity index (χ0v) is 6.51. The fraction of sp³-hybridized carbons (Fsp3) is 0.600. The van der Waals surface area contributed by atoms with Crippen molar-refractivity contribution < 1.29 is 14.4 Å².